The van der Waals surface area contributed by atoms with Crippen LogP contribution in [0.2, 0.25) is 0 Å². The summed E-state index contributed by atoms with van der Waals surface area (Å²) in [5, 5.41) is 12.6. The van der Waals surface area contributed by atoms with Gasteiger partial charge in [-0.1, -0.05) is 22.7 Å². The van der Waals surface area contributed by atoms with Crippen molar-refractivity contribution < 1.29 is 9.59 Å². The molecule has 1 aromatic carbocycles. The molecule has 2 aromatic heterocycles. The number of nitrogens with zero attached hydrogens (tertiary/aromatic N) is 5. The van der Waals surface area contributed by atoms with Crippen LogP contribution in [0.3, 0.4) is 0 Å². The molecule has 0 saturated heterocycles. The van der Waals surface area contributed by atoms with Crippen LogP contribution in [0.15, 0.2) is 45.0 Å². The number of nitrogens with two attached hydrogens (primary N) is 1. The number of carbonyl (C=O) groups is 2. The molecule has 0 aliphatic rings. The highest BCUT2D eigenvalue weighted by Crippen LogP contribution is 2.18. The molecule has 160 valence electrons. The van der Waals surface area contributed by atoms with Crippen molar-refractivity contribution in [1.29, 1.82) is 0 Å². The van der Waals surface area contributed by atoms with Crippen LogP contribution in [0, 0.1) is 0 Å². The maximum atomic E-state index is 12.4. The first-order valence-corrected chi connectivity index (χ1v) is 9.41. The van der Waals surface area contributed by atoms with E-state index in [1.807, 2.05) is 0 Å². The maximum absolute atomic E-state index is 12.4. The van der Waals surface area contributed by atoms with E-state index >= 15 is 0 Å². The number of urea groups is 1. The second-order valence-corrected chi connectivity index (χ2v) is 6.85. The Labute approximate surface area is 178 Å². The van der Waals surface area contributed by atoms with Gasteiger partial charge in [-0.15, -0.1) is 5.10 Å². The molecule has 0 aliphatic carbocycles. The van der Waals surface area contributed by atoms with E-state index in [1.54, 1.807) is 30.3 Å². The number of benzene rings is 1. The third kappa shape index (κ3) is 4.64. The van der Waals surface area contributed by atoms with Gasteiger partial charge in [-0.2, -0.15) is 5.10 Å². The van der Waals surface area contributed by atoms with Gasteiger partial charge in [0.2, 0.25) is 0 Å². The first kappa shape index (κ1) is 21.4. The quantitative estimate of drug-likeness (QED) is 0.315. The largest absolute Gasteiger partial charge is 0.384 e. The van der Waals surface area contributed by atoms with Crippen LogP contribution in [0.25, 0.3) is 0 Å². The van der Waals surface area contributed by atoms with E-state index < -0.39 is 23.2 Å². The average molecular weight is 443 g/mol. The predicted molar refractivity (Wildman–Crippen MR) is 115 cm³/mol. The van der Waals surface area contributed by atoms with Crippen LogP contribution in [-0.2, 0) is 14.1 Å². The van der Waals surface area contributed by atoms with E-state index in [0.29, 0.717) is 5.69 Å². The highest BCUT2D eigenvalue weighted by Gasteiger charge is 2.18. The molecule has 3 aromatic rings. The fraction of sp³-hybridized carbons (Fsp3) is 0.118. The van der Waals surface area contributed by atoms with Gasteiger partial charge >= 0.3 is 11.7 Å². The molecule has 31 heavy (non-hydrogen) atoms. The molecular formula is C17H17N9O4S. The van der Waals surface area contributed by atoms with Crippen LogP contribution in [0.4, 0.5) is 21.3 Å². The summed E-state index contributed by atoms with van der Waals surface area (Å²) >= 11 is 0.800. The number of amides is 3. The molecule has 0 fully saturated rings. The summed E-state index contributed by atoms with van der Waals surface area (Å²) in [6, 6.07) is 8.12. The second kappa shape index (κ2) is 9.00. The number of para-hydroxylation sites is 1. The highest BCUT2D eigenvalue weighted by atomic mass is 32.1. The summed E-state index contributed by atoms with van der Waals surface area (Å²) in [5.74, 6) is -0.887. The van der Waals surface area contributed by atoms with Crippen molar-refractivity contribution in [3.63, 3.8) is 0 Å². The first-order chi connectivity index (χ1) is 14.8. The molecule has 0 aliphatic heterocycles. The van der Waals surface area contributed by atoms with Gasteiger partial charge in [0.1, 0.15) is 11.4 Å². The molecular weight excluding hydrogens is 426 g/mol. The molecule has 2 heterocycles. The Morgan fingerprint density at radius 1 is 1.13 bits per heavy atom. The minimum Gasteiger partial charge on any atom is -0.384 e. The Balaban J connectivity index is 1.70. The van der Waals surface area contributed by atoms with Gasteiger partial charge < -0.3 is 11.1 Å². The van der Waals surface area contributed by atoms with Crippen molar-refractivity contribution >= 4 is 46.2 Å². The van der Waals surface area contributed by atoms with Crippen LogP contribution in [-0.4, -0.2) is 36.9 Å². The van der Waals surface area contributed by atoms with E-state index in [4.69, 9.17) is 5.73 Å². The lowest BCUT2D eigenvalue weighted by Crippen LogP contribution is -2.40. The lowest BCUT2D eigenvalue weighted by molar-refractivity contribution is 0.0951. The highest BCUT2D eigenvalue weighted by molar-refractivity contribution is 7.10. The van der Waals surface area contributed by atoms with E-state index in [2.05, 4.69) is 30.7 Å². The van der Waals surface area contributed by atoms with Crippen molar-refractivity contribution in [2.45, 2.75) is 0 Å². The first-order valence-electron chi connectivity index (χ1n) is 8.64. The van der Waals surface area contributed by atoms with Gasteiger partial charge in [0.05, 0.1) is 6.21 Å². The fourth-order valence-electron chi connectivity index (χ4n) is 2.42. The Morgan fingerprint density at radius 2 is 1.84 bits per heavy atom. The monoisotopic (exact) mass is 443 g/mol. The van der Waals surface area contributed by atoms with Crippen molar-refractivity contribution in [3.05, 3.63) is 62.4 Å². The smallest absolute Gasteiger partial charge is 0.332 e. The van der Waals surface area contributed by atoms with E-state index in [0.717, 1.165) is 26.9 Å². The number of hydrazone groups is 1. The topological polar surface area (TPSA) is 178 Å². The van der Waals surface area contributed by atoms with Crippen LogP contribution >= 0.6 is 11.5 Å². The standard InChI is InChI=1S/C17H17N9O4S/c1-25-12(18)10(15(28)26(2)17(25)30)8-19-23-13(27)11-14(31-24-22-11)21-16(29)20-9-6-4-3-5-7-9/h3-8H,18H2,1-2H3,(H,23,27)(H2,20,21,29)/b19-8+. The Hall–Kier alpha value is -4.33. The van der Waals surface area contributed by atoms with Crippen molar-refractivity contribution in [1.82, 2.24) is 24.1 Å². The van der Waals surface area contributed by atoms with Crippen molar-refractivity contribution in [3.8, 4) is 0 Å². The molecule has 0 unspecified atom stereocenters. The summed E-state index contributed by atoms with van der Waals surface area (Å²) < 4.78 is 5.59. The lowest BCUT2D eigenvalue weighted by Gasteiger charge is -2.08. The lowest BCUT2D eigenvalue weighted by atomic mass is 10.3. The number of anilines is 3. The van der Waals surface area contributed by atoms with Gasteiger partial charge in [0.15, 0.2) is 10.7 Å². The van der Waals surface area contributed by atoms with Crippen LogP contribution in [0.5, 0.6) is 0 Å². The number of nitrogen functional groups attached to an aromatic ring is 1. The molecule has 0 saturated carbocycles. The fourth-order valence-corrected chi connectivity index (χ4v) is 2.99. The van der Waals surface area contributed by atoms with Gasteiger partial charge in [-0.3, -0.25) is 24.0 Å². The minimum absolute atomic E-state index is 0.0816. The van der Waals surface area contributed by atoms with Crippen LogP contribution < -0.4 is 33.0 Å². The molecule has 0 radical (unpaired) electrons. The third-order valence-corrected chi connectivity index (χ3v) is 4.71. The Kier molecular flexibility index (Phi) is 6.21. The minimum atomic E-state index is -0.778. The Bertz CT molecular complexity index is 1280. The summed E-state index contributed by atoms with van der Waals surface area (Å²) in [7, 11) is 2.69. The van der Waals surface area contributed by atoms with E-state index in [9.17, 15) is 19.2 Å². The molecule has 3 amide bonds. The Morgan fingerprint density at radius 3 is 2.55 bits per heavy atom. The maximum Gasteiger partial charge on any atom is 0.332 e. The number of hydrogen-bond acceptors (Lipinski definition) is 9. The summed E-state index contributed by atoms with van der Waals surface area (Å²) in [4.78, 5) is 48.5. The number of hydrogen-bond donors (Lipinski definition) is 4. The summed E-state index contributed by atoms with van der Waals surface area (Å²) in [6.45, 7) is 0. The molecule has 13 nitrogen and oxygen atoms in total. The van der Waals surface area contributed by atoms with Gasteiger partial charge in [-0.25, -0.2) is 15.0 Å². The zero-order valence-electron chi connectivity index (χ0n) is 16.3. The number of carbonyl (C=O) groups excluding carboxylic acids is 2. The van der Waals surface area contributed by atoms with Gasteiger partial charge in [-0.05, 0) is 12.1 Å². The molecule has 3 rings (SSSR count). The number of rotatable bonds is 5. The summed E-state index contributed by atoms with van der Waals surface area (Å²) in [6.07, 6.45) is 1.02. The number of nitrogens with one attached hydrogen (secondary N) is 3. The van der Waals surface area contributed by atoms with Crippen LogP contribution in [0.1, 0.15) is 16.1 Å². The van der Waals surface area contributed by atoms with Crippen molar-refractivity contribution in [2.75, 3.05) is 16.4 Å². The summed E-state index contributed by atoms with van der Waals surface area (Å²) in [5.41, 5.74) is 6.99. The molecule has 14 heteroatoms. The SMILES string of the molecule is Cn1c(N)c(/C=N/NC(=O)c2nnsc2NC(=O)Nc2ccccc2)c(=O)n(C)c1=O. The number of aromatic nitrogens is 4. The second-order valence-electron chi connectivity index (χ2n) is 6.10. The average Bonchev–Trinajstić information content (AvgIpc) is 3.22. The zero-order valence-corrected chi connectivity index (χ0v) is 17.1. The van der Waals surface area contributed by atoms with Gasteiger partial charge in [0.25, 0.3) is 11.5 Å². The molecule has 0 bridgehead atoms. The molecule has 0 spiro atoms. The van der Waals surface area contributed by atoms with E-state index in [1.165, 1.54) is 14.1 Å². The zero-order chi connectivity index (χ0) is 22.5. The predicted octanol–water partition coefficient (Wildman–Crippen LogP) is -0.0744. The molecule has 5 N–H and O–H groups in total. The third-order valence-electron chi connectivity index (χ3n) is 4.07. The van der Waals surface area contributed by atoms with Gasteiger partial charge in [0, 0.05) is 31.3 Å². The van der Waals surface area contributed by atoms with Crippen molar-refractivity contribution in [2.24, 2.45) is 19.2 Å². The normalized spacial score (nSPS) is 10.8. The molecule has 0 atom stereocenters. The van der Waals surface area contributed by atoms with E-state index in [-0.39, 0.29) is 22.1 Å².